The van der Waals surface area contributed by atoms with E-state index in [1.807, 2.05) is 11.6 Å². The Morgan fingerprint density at radius 1 is 1.35 bits per heavy atom. The molecular formula is C16H23N5OS. The number of aromatic nitrogens is 4. The minimum atomic E-state index is 0.0242. The Kier molecular flexibility index (Phi) is 4.75. The summed E-state index contributed by atoms with van der Waals surface area (Å²) in [7, 11) is 0. The summed E-state index contributed by atoms with van der Waals surface area (Å²) in [6, 6.07) is 0.648. The summed E-state index contributed by atoms with van der Waals surface area (Å²) < 4.78 is 1.93. The van der Waals surface area contributed by atoms with Crippen molar-refractivity contribution in [2.24, 2.45) is 0 Å². The number of nitrogens with one attached hydrogen (secondary N) is 1. The Balaban J connectivity index is 1.57. The molecule has 0 radical (unpaired) electrons. The molecule has 0 unspecified atom stereocenters. The molecule has 0 saturated heterocycles. The van der Waals surface area contributed by atoms with Gasteiger partial charge in [-0.2, -0.15) is 5.10 Å². The Morgan fingerprint density at radius 2 is 2.09 bits per heavy atom. The largest absolute Gasteiger partial charge is 0.349 e. The van der Waals surface area contributed by atoms with Crippen LogP contribution in [0.2, 0.25) is 0 Å². The summed E-state index contributed by atoms with van der Waals surface area (Å²) in [6.07, 6.45) is 7.35. The number of aryl methyl sites for hydroxylation is 1. The molecule has 0 bridgehead atoms. The van der Waals surface area contributed by atoms with E-state index >= 15 is 0 Å². The summed E-state index contributed by atoms with van der Waals surface area (Å²) in [4.78, 5) is 21.8. The molecule has 1 saturated carbocycles. The zero-order valence-electron chi connectivity index (χ0n) is 13.8. The molecule has 1 N–H and O–H groups in total. The minimum Gasteiger partial charge on any atom is -0.349 e. The molecule has 6 nitrogen and oxygen atoms in total. The van der Waals surface area contributed by atoms with Gasteiger partial charge in [0.05, 0.1) is 16.7 Å². The molecule has 1 aliphatic carbocycles. The second kappa shape index (κ2) is 6.78. The van der Waals surface area contributed by atoms with Crippen molar-refractivity contribution in [1.82, 2.24) is 25.1 Å². The van der Waals surface area contributed by atoms with Gasteiger partial charge in [0.1, 0.15) is 17.5 Å². The molecule has 124 valence electrons. The summed E-state index contributed by atoms with van der Waals surface area (Å²) in [5.41, 5.74) is 0.840. The highest BCUT2D eigenvalue weighted by Gasteiger charge is 2.25. The van der Waals surface area contributed by atoms with Crippen LogP contribution in [0, 0.1) is 6.92 Å². The Hall–Kier alpha value is -1.76. The highest BCUT2D eigenvalue weighted by molar-refractivity contribution is 7.13. The first-order valence-electron chi connectivity index (χ1n) is 8.17. The molecule has 2 heterocycles. The predicted molar refractivity (Wildman–Crippen MR) is 89.7 cm³/mol. The molecule has 0 aliphatic heterocycles. The molecular weight excluding hydrogens is 310 g/mol. The molecule has 0 aromatic carbocycles. The maximum atomic E-state index is 12.5. The van der Waals surface area contributed by atoms with Gasteiger partial charge >= 0.3 is 0 Å². The summed E-state index contributed by atoms with van der Waals surface area (Å²) >= 11 is 1.52. The molecule has 7 heteroatoms. The SMILES string of the molecule is Cc1nc(C(C)C)sc1C(=O)NC1CCC(n2cncn2)CC1. The minimum absolute atomic E-state index is 0.0242. The van der Waals surface area contributed by atoms with Crippen LogP contribution in [0.15, 0.2) is 12.7 Å². The fraction of sp³-hybridized carbons (Fsp3) is 0.625. The molecule has 0 spiro atoms. The van der Waals surface area contributed by atoms with Crippen LogP contribution < -0.4 is 5.32 Å². The van der Waals surface area contributed by atoms with E-state index in [1.54, 1.807) is 12.7 Å². The first-order chi connectivity index (χ1) is 11.0. The predicted octanol–water partition coefficient (Wildman–Crippen LogP) is 3.08. The third-order valence-corrected chi connectivity index (χ3v) is 5.81. The lowest BCUT2D eigenvalue weighted by molar-refractivity contribution is 0.0925. The van der Waals surface area contributed by atoms with Crippen molar-refractivity contribution in [2.75, 3.05) is 0 Å². The fourth-order valence-electron chi connectivity index (χ4n) is 3.02. The highest BCUT2D eigenvalue weighted by Crippen LogP contribution is 2.29. The monoisotopic (exact) mass is 333 g/mol. The molecule has 1 aliphatic rings. The van der Waals surface area contributed by atoms with E-state index in [0.717, 1.165) is 41.3 Å². The van der Waals surface area contributed by atoms with Gasteiger partial charge in [-0.3, -0.25) is 4.79 Å². The van der Waals surface area contributed by atoms with Crippen LogP contribution in [0.25, 0.3) is 0 Å². The zero-order valence-corrected chi connectivity index (χ0v) is 14.6. The third kappa shape index (κ3) is 3.60. The van der Waals surface area contributed by atoms with Crippen molar-refractivity contribution in [1.29, 1.82) is 0 Å². The number of carbonyl (C=O) groups excluding carboxylic acids is 1. The topological polar surface area (TPSA) is 72.7 Å². The Labute approximate surface area is 140 Å². The van der Waals surface area contributed by atoms with Crippen LogP contribution in [0.1, 0.15) is 71.9 Å². The second-order valence-electron chi connectivity index (χ2n) is 6.48. The van der Waals surface area contributed by atoms with Gasteiger partial charge in [0.15, 0.2) is 0 Å². The normalized spacial score (nSPS) is 21.6. The van der Waals surface area contributed by atoms with E-state index in [0.29, 0.717) is 12.0 Å². The number of hydrogen-bond acceptors (Lipinski definition) is 5. The van der Waals surface area contributed by atoms with Crippen LogP contribution in [-0.2, 0) is 0 Å². The number of hydrogen-bond donors (Lipinski definition) is 1. The average Bonchev–Trinajstić information content (AvgIpc) is 3.17. The number of rotatable bonds is 4. The molecule has 1 fully saturated rings. The summed E-state index contributed by atoms with van der Waals surface area (Å²) in [6.45, 7) is 6.12. The van der Waals surface area contributed by atoms with Gasteiger partial charge in [0.25, 0.3) is 5.91 Å². The van der Waals surface area contributed by atoms with Gasteiger partial charge in [-0.15, -0.1) is 11.3 Å². The number of amides is 1. The zero-order chi connectivity index (χ0) is 16.4. The van der Waals surface area contributed by atoms with E-state index in [-0.39, 0.29) is 11.9 Å². The molecule has 2 aromatic rings. The quantitative estimate of drug-likeness (QED) is 0.933. The van der Waals surface area contributed by atoms with Crippen LogP contribution in [0.3, 0.4) is 0 Å². The standard InChI is InChI=1S/C16H23N5OS/c1-10(2)16-19-11(3)14(23-16)15(22)20-12-4-6-13(7-5-12)21-9-17-8-18-21/h8-10,12-13H,4-7H2,1-3H3,(H,20,22). The van der Waals surface area contributed by atoms with Crippen molar-refractivity contribution in [3.8, 4) is 0 Å². The van der Waals surface area contributed by atoms with Gasteiger partial charge in [-0.1, -0.05) is 13.8 Å². The fourth-order valence-corrected chi connectivity index (χ4v) is 3.99. The maximum Gasteiger partial charge on any atom is 0.263 e. The van der Waals surface area contributed by atoms with Crippen molar-refractivity contribution >= 4 is 17.2 Å². The van der Waals surface area contributed by atoms with Crippen molar-refractivity contribution in [2.45, 2.75) is 64.5 Å². The molecule has 23 heavy (non-hydrogen) atoms. The third-order valence-electron chi connectivity index (χ3n) is 4.36. The Morgan fingerprint density at radius 3 is 2.65 bits per heavy atom. The van der Waals surface area contributed by atoms with Crippen LogP contribution in [-0.4, -0.2) is 31.7 Å². The van der Waals surface area contributed by atoms with E-state index in [2.05, 4.69) is 34.2 Å². The second-order valence-corrected chi connectivity index (χ2v) is 7.51. The summed E-state index contributed by atoms with van der Waals surface area (Å²) in [5.74, 6) is 0.384. The smallest absolute Gasteiger partial charge is 0.263 e. The summed E-state index contributed by atoms with van der Waals surface area (Å²) in [5, 5.41) is 8.43. The van der Waals surface area contributed by atoms with Gasteiger partial charge in [-0.25, -0.2) is 14.6 Å². The maximum absolute atomic E-state index is 12.5. The van der Waals surface area contributed by atoms with Gasteiger partial charge in [0.2, 0.25) is 0 Å². The van der Waals surface area contributed by atoms with E-state index < -0.39 is 0 Å². The first kappa shape index (κ1) is 16.1. The van der Waals surface area contributed by atoms with Gasteiger partial charge in [-0.05, 0) is 32.6 Å². The molecule has 0 atom stereocenters. The Bertz CT molecular complexity index is 656. The van der Waals surface area contributed by atoms with Crippen molar-refractivity contribution in [3.63, 3.8) is 0 Å². The first-order valence-corrected chi connectivity index (χ1v) is 8.98. The average molecular weight is 333 g/mol. The lowest BCUT2D eigenvalue weighted by atomic mass is 9.91. The highest BCUT2D eigenvalue weighted by atomic mass is 32.1. The number of nitrogens with zero attached hydrogens (tertiary/aromatic N) is 4. The lowest BCUT2D eigenvalue weighted by Crippen LogP contribution is -2.38. The lowest BCUT2D eigenvalue weighted by Gasteiger charge is -2.28. The van der Waals surface area contributed by atoms with E-state index in [9.17, 15) is 4.79 Å². The number of thiazole rings is 1. The molecule has 2 aromatic heterocycles. The van der Waals surface area contributed by atoms with Gasteiger partial charge in [0, 0.05) is 12.0 Å². The number of carbonyl (C=O) groups is 1. The molecule has 1 amide bonds. The van der Waals surface area contributed by atoms with Gasteiger partial charge < -0.3 is 5.32 Å². The van der Waals surface area contributed by atoms with E-state index in [4.69, 9.17) is 0 Å². The van der Waals surface area contributed by atoms with Crippen LogP contribution >= 0.6 is 11.3 Å². The van der Waals surface area contributed by atoms with Crippen LogP contribution in [0.5, 0.6) is 0 Å². The van der Waals surface area contributed by atoms with Crippen molar-refractivity contribution < 1.29 is 4.79 Å². The van der Waals surface area contributed by atoms with Crippen LogP contribution in [0.4, 0.5) is 0 Å². The van der Waals surface area contributed by atoms with E-state index in [1.165, 1.54) is 11.3 Å². The molecule has 3 rings (SSSR count). The van der Waals surface area contributed by atoms with Crippen molar-refractivity contribution in [3.05, 3.63) is 28.2 Å².